The minimum Gasteiger partial charge on any atom is -0.365 e. The molecular weight excluding hydrogens is 298 g/mol. The highest BCUT2D eigenvalue weighted by Gasteiger charge is 2.27. The van der Waals surface area contributed by atoms with Gasteiger partial charge in [-0.15, -0.1) is 0 Å². The molecule has 2 aliphatic rings. The van der Waals surface area contributed by atoms with Crippen molar-refractivity contribution >= 4 is 11.7 Å². The van der Waals surface area contributed by atoms with Crippen LogP contribution in [0.15, 0.2) is 6.20 Å². The topological polar surface area (TPSA) is 59.2 Å². The van der Waals surface area contributed by atoms with Gasteiger partial charge in [0, 0.05) is 30.8 Å². The summed E-state index contributed by atoms with van der Waals surface area (Å²) in [6, 6.07) is 0. The van der Waals surface area contributed by atoms with Gasteiger partial charge in [-0.3, -0.25) is 4.79 Å². The maximum atomic E-state index is 12.1. The molecule has 3 rings (SSSR count). The third-order valence-electron chi connectivity index (χ3n) is 5.19. The molecule has 1 saturated heterocycles. The molecule has 1 saturated carbocycles. The van der Waals surface area contributed by atoms with Crippen LogP contribution in [0.25, 0.3) is 0 Å². The summed E-state index contributed by atoms with van der Waals surface area (Å²) in [7, 11) is 0. The van der Waals surface area contributed by atoms with Gasteiger partial charge in [0.05, 0.1) is 5.56 Å². The Balaban J connectivity index is 1.94. The third-order valence-corrected chi connectivity index (χ3v) is 5.19. The number of amides is 1. The predicted molar refractivity (Wildman–Crippen MR) is 96.9 cm³/mol. The van der Waals surface area contributed by atoms with E-state index in [9.17, 15) is 4.79 Å². The number of nitrogens with zero attached hydrogens (tertiary/aromatic N) is 2. The number of anilines is 1. The molecule has 1 aromatic heterocycles. The minimum atomic E-state index is -0.409. The van der Waals surface area contributed by atoms with E-state index < -0.39 is 5.91 Å². The van der Waals surface area contributed by atoms with E-state index in [0.717, 1.165) is 42.9 Å². The Kier molecular flexibility index (Phi) is 4.54. The SMILES string of the molecule is Cc1c(C#CC2CC2)cnc(N2CCCC(C)(C)CC2)c1C(N)=O. The highest BCUT2D eigenvalue weighted by Crippen LogP contribution is 2.33. The molecule has 2 N–H and O–H groups in total. The third kappa shape index (κ3) is 3.72. The number of nitrogens with two attached hydrogens (primary N) is 1. The fourth-order valence-corrected chi connectivity index (χ4v) is 3.29. The van der Waals surface area contributed by atoms with Crippen LogP contribution in [-0.2, 0) is 0 Å². The molecule has 0 spiro atoms. The van der Waals surface area contributed by atoms with Crippen LogP contribution in [0.5, 0.6) is 0 Å². The summed E-state index contributed by atoms with van der Waals surface area (Å²) in [6.45, 7) is 8.38. The Morgan fingerprint density at radius 3 is 2.75 bits per heavy atom. The van der Waals surface area contributed by atoms with E-state index in [2.05, 4.69) is 35.6 Å². The largest absolute Gasteiger partial charge is 0.365 e. The normalized spacial score (nSPS) is 20.0. The first-order valence-corrected chi connectivity index (χ1v) is 8.93. The van der Waals surface area contributed by atoms with Gasteiger partial charge in [0.15, 0.2) is 0 Å². The van der Waals surface area contributed by atoms with Gasteiger partial charge < -0.3 is 10.6 Å². The summed E-state index contributed by atoms with van der Waals surface area (Å²) in [6.07, 6.45) is 7.57. The van der Waals surface area contributed by atoms with Crippen molar-refractivity contribution in [2.75, 3.05) is 18.0 Å². The average Bonchev–Trinajstić information content (AvgIpc) is 3.33. The Morgan fingerprint density at radius 1 is 1.33 bits per heavy atom. The van der Waals surface area contributed by atoms with Crippen LogP contribution in [0.4, 0.5) is 5.82 Å². The van der Waals surface area contributed by atoms with Crippen LogP contribution in [0.3, 0.4) is 0 Å². The Bertz CT molecular complexity index is 708. The van der Waals surface area contributed by atoms with E-state index in [1.807, 2.05) is 13.1 Å². The van der Waals surface area contributed by atoms with Gasteiger partial charge in [-0.2, -0.15) is 0 Å². The van der Waals surface area contributed by atoms with Crippen molar-refractivity contribution in [2.24, 2.45) is 17.1 Å². The summed E-state index contributed by atoms with van der Waals surface area (Å²) in [4.78, 5) is 18.9. The highest BCUT2D eigenvalue weighted by molar-refractivity contribution is 5.99. The predicted octanol–water partition coefficient (Wildman–Crippen LogP) is 3.27. The number of aromatic nitrogens is 1. The van der Waals surface area contributed by atoms with Crippen molar-refractivity contribution in [1.82, 2.24) is 4.98 Å². The number of primary amides is 1. The standard InChI is InChI=1S/C20H27N3O/c1-14-16(8-7-15-5-6-15)13-22-19(17(14)18(21)24)23-11-4-9-20(2,3)10-12-23/h13,15H,4-6,9-12H2,1-3H3,(H2,21,24). The molecule has 0 atom stereocenters. The Hall–Kier alpha value is -2.02. The summed E-state index contributed by atoms with van der Waals surface area (Å²) in [5.41, 5.74) is 8.27. The van der Waals surface area contributed by atoms with Gasteiger partial charge >= 0.3 is 0 Å². The van der Waals surface area contributed by atoms with Crippen LogP contribution in [0.1, 0.15) is 67.4 Å². The van der Waals surface area contributed by atoms with Crippen molar-refractivity contribution < 1.29 is 4.79 Å². The first-order chi connectivity index (χ1) is 11.4. The number of carbonyl (C=O) groups is 1. The molecule has 2 fully saturated rings. The van der Waals surface area contributed by atoms with Crippen molar-refractivity contribution in [2.45, 2.75) is 52.9 Å². The smallest absolute Gasteiger partial charge is 0.252 e. The van der Waals surface area contributed by atoms with Crippen LogP contribution >= 0.6 is 0 Å². The first-order valence-electron chi connectivity index (χ1n) is 8.93. The molecule has 4 nitrogen and oxygen atoms in total. The molecule has 0 unspecified atom stereocenters. The van der Waals surface area contributed by atoms with E-state index in [0.29, 0.717) is 16.9 Å². The van der Waals surface area contributed by atoms with Gasteiger partial charge in [0.25, 0.3) is 5.91 Å². The Morgan fingerprint density at radius 2 is 2.08 bits per heavy atom. The molecule has 1 aliphatic heterocycles. The number of pyridine rings is 1. The maximum absolute atomic E-state index is 12.1. The minimum absolute atomic E-state index is 0.340. The monoisotopic (exact) mass is 325 g/mol. The number of hydrogen-bond donors (Lipinski definition) is 1. The fourth-order valence-electron chi connectivity index (χ4n) is 3.29. The molecule has 1 aliphatic carbocycles. The molecule has 4 heteroatoms. The molecule has 128 valence electrons. The van der Waals surface area contributed by atoms with Gasteiger partial charge in [-0.05, 0) is 50.0 Å². The van der Waals surface area contributed by atoms with Crippen LogP contribution in [-0.4, -0.2) is 24.0 Å². The lowest BCUT2D eigenvalue weighted by Crippen LogP contribution is -2.30. The number of hydrogen-bond acceptors (Lipinski definition) is 3. The van der Waals surface area contributed by atoms with E-state index in [4.69, 9.17) is 5.73 Å². The van der Waals surface area contributed by atoms with E-state index in [1.165, 1.54) is 19.3 Å². The number of rotatable bonds is 2. The highest BCUT2D eigenvalue weighted by atomic mass is 16.1. The summed E-state index contributed by atoms with van der Waals surface area (Å²) in [5.74, 6) is 7.28. The lowest BCUT2D eigenvalue weighted by atomic mass is 9.85. The van der Waals surface area contributed by atoms with Crippen molar-refractivity contribution in [3.8, 4) is 11.8 Å². The van der Waals surface area contributed by atoms with Gasteiger partial charge in [-0.25, -0.2) is 4.98 Å². The quantitative estimate of drug-likeness (QED) is 0.849. The second-order valence-corrected chi connectivity index (χ2v) is 7.91. The molecule has 0 bridgehead atoms. The molecular formula is C20H27N3O. The van der Waals surface area contributed by atoms with Gasteiger partial charge in [0.2, 0.25) is 0 Å². The lowest BCUT2D eigenvalue weighted by molar-refractivity contribution is 0.1000. The zero-order valence-corrected chi connectivity index (χ0v) is 15.0. The van der Waals surface area contributed by atoms with Crippen LogP contribution in [0.2, 0.25) is 0 Å². The summed E-state index contributed by atoms with van der Waals surface area (Å²) < 4.78 is 0. The average molecular weight is 325 g/mol. The Labute approximate surface area is 144 Å². The van der Waals surface area contributed by atoms with E-state index >= 15 is 0 Å². The van der Waals surface area contributed by atoms with Crippen LogP contribution < -0.4 is 10.6 Å². The molecule has 0 radical (unpaired) electrons. The zero-order chi connectivity index (χ0) is 17.3. The van der Waals surface area contributed by atoms with E-state index in [1.54, 1.807) is 0 Å². The molecule has 2 heterocycles. The maximum Gasteiger partial charge on any atom is 0.252 e. The van der Waals surface area contributed by atoms with Crippen molar-refractivity contribution in [3.05, 3.63) is 22.9 Å². The molecule has 0 aromatic carbocycles. The van der Waals surface area contributed by atoms with Gasteiger partial charge in [-0.1, -0.05) is 25.7 Å². The number of carbonyl (C=O) groups excluding carboxylic acids is 1. The second-order valence-electron chi connectivity index (χ2n) is 7.91. The second kappa shape index (κ2) is 6.47. The zero-order valence-electron chi connectivity index (χ0n) is 15.0. The summed E-state index contributed by atoms with van der Waals surface area (Å²) >= 11 is 0. The fraction of sp³-hybridized carbons (Fsp3) is 0.600. The first kappa shape index (κ1) is 16.8. The molecule has 1 amide bonds. The van der Waals surface area contributed by atoms with Crippen molar-refractivity contribution in [3.63, 3.8) is 0 Å². The van der Waals surface area contributed by atoms with Crippen molar-refractivity contribution in [1.29, 1.82) is 0 Å². The summed E-state index contributed by atoms with van der Waals surface area (Å²) in [5, 5.41) is 0. The van der Waals surface area contributed by atoms with Crippen LogP contribution in [0, 0.1) is 30.1 Å². The lowest BCUT2D eigenvalue weighted by Gasteiger charge is -2.26. The van der Waals surface area contributed by atoms with Gasteiger partial charge in [0.1, 0.15) is 5.82 Å². The van der Waals surface area contributed by atoms with E-state index in [-0.39, 0.29) is 0 Å². The molecule has 1 aromatic rings. The molecule has 24 heavy (non-hydrogen) atoms.